The lowest BCUT2D eigenvalue weighted by molar-refractivity contribution is -0.121. The van der Waals surface area contributed by atoms with E-state index in [9.17, 15) is 9.59 Å². The van der Waals surface area contributed by atoms with Crippen molar-refractivity contribution in [3.8, 4) is 11.3 Å². The maximum Gasteiger partial charge on any atom is 0.258 e. The minimum absolute atomic E-state index is 0.0414. The molecule has 0 bridgehead atoms. The molecule has 3 aromatic rings. The van der Waals surface area contributed by atoms with Gasteiger partial charge in [-0.1, -0.05) is 71.2 Å². The number of allylic oxidation sites excluding steroid dienone is 3. The topological polar surface area (TPSA) is 71.1 Å². The van der Waals surface area contributed by atoms with Crippen LogP contribution in [0.4, 0.5) is 5.13 Å². The third-order valence-electron chi connectivity index (χ3n) is 6.01. The van der Waals surface area contributed by atoms with Crippen LogP contribution in [0.1, 0.15) is 24.0 Å². The summed E-state index contributed by atoms with van der Waals surface area (Å²) in [5.41, 5.74) is 4.04. The van der Waals surface area contributed by atoms with Crippen molar-refractivity contribution in [1.82, 2.24) is 10.3 Å². The van der Waals surface area contributed by atoms with Crippen molar-refractivity contribution >= 4 is 86.3 Å². The van der Waals surface area contributed by atoms with Gasteiger partial charge in [-0.15, -0.1) is 34.5 Å². The van der Waals surface area contributed by atoms with Crippen LogP contribution in [-0.4, -0.2) is 21.1 Å². The summed E-state index contributed by atoms with van der Waals surface area (Å²) in [6.45, 7) is 7.45. The third kappa shape index (κ3) is 7.07. The summed E-state index contributed by atoms with van der Waals surface area (Å²) in [5, 5.41) is 8.69. The number of halogens is 5. The molecule has 0 saturated heterocycles. The average Bonchev–Trinajstić information content (AvgIpc) is 3.17. The molecule has 1 saturated carbocycles. The lowest BCUT2D eigenvalue weighted by atomic mass is 10.1. The lowest BCUT2D eigenvalue weighted by Crippen LogP contribution is -2.25. The largest absolute Gasteiger partial charge is 0.330 e. The second-order valence-electron chi connectivity index (χ2n) is 9.02. The molecule has 1 aliphatic rings. The summed E-state index contributed by atoms with van der Waals surface area (Å²) < 4.78 is -1.30. The first kappa shape index (κ1) is 29.7. The van der Waals surface area contributed by atoms with E-state index in [1.165, 1.54) is 17.4 Å². The van der Waals surface area contributed by atoms with Crippen LogP contribution in [0, 0.1) is 12.8 Å². The Morgan fingerprint density at radius 3 is 2.36 bits per heavy atom. The summed E-state index contributed by atoms with van der Waals surface area (Å²) in [7, 11) is 0. The van der Waals surface area contributed by atoms with Gasteiger partial charge in [0.2, 0.25) is 5.91 Å². The van der Waals surface area contributed by atoms with Crippen LogP contribution in [-0.2, 0) is 9.59 Å². The number of nitrogens with one attached hydrogen (secondary N) is 2. The molecule has 2 unspecified atom stereocenters. The first-order valence-corrected chi connectivity index (χ1v) is 14.4. The number of hydrogen-bond acceptors (Lipinski definition) is 4. The smallest absolute Gasteiger partial charge is 0.258 e. The molecule has 1 fully saturated rings. The zero-order valence-electron chi connectivity index (χ0n) is 20.7. The number of anilines is 1. The van der Waals surface area contributed by atoms with Gasteiger partial charge in [0.05, 0.1) is 22.2 Å². The second kappa shape index (κ2) is 12.0. The zero-order valence-corrected chi connectivity index (χ0v) is 25.3. The van der Waals surface area contributed by atoms with Crippen LogP contribution in [0.25, 0.3) is 11.3 Å². The van der Waals surface area contributed by atoms with Crippen LogP contribution in [0.5, 0.6) is 0 Å². The van der Waals surface area contributed by atoms with E-state index >= 15 is 0 Å². The molecule has 1 aliphatic carbocycles. The van der Waals surface area contributed by atoms with Gasteiger partial charge in [0.1, 0.15) is 4.33 Å². The molecule has 1 heterocycles. The monoisotopic (exact) mass is 639 g/mol. The van der Waals surface area contributed by atoms with E-state index in [-0.39, 0.29) is 16.5 Å². The minimum Gasteiger partial charge on any atom is -0.330 e. The van der Waals surface area contributed by atoms with E-state index in [2.05, 4.69) is 22.2 Å². The van der Waals surface area contributed by atoms with E-state index in [0.717, 1.165) is 16.8 Å². The zero-order chi connectivity index (χ0) is 28.5. The van der Waals surface area contributed by atoms with Crippen molar-refractivity contribution < 1.29 is 9.59 Å². The van der Waals surface area contributed by atoms with Crippen LogP contribution in [0.3, 0.4) is 0 Å². The molecule has 4 rings (SSSR count). The summed E-state index contributed by atoms with van der Waals surface area (Å²) in [5.74, 6) is -2.04. The van der Waals surface area contributed by atoms with Crippen LogP contribution >= 0.6 is 69.3 Å². The predicted molar refractivity (Wildman–Crippen MR) is 163 cm³/mol. The molecule has 202 valence electrons. The normalized spacial score (nSPS) is 18.4. The quantitative estimate of drug-likeness (QED) is 0.147. The molecular formula is C28H22Cl5N3O2S. The standard InChI is InChI=1S/C28H22Cl5N3O2S/c1-14-4-7-17(8-5-14)22-13-39-27(35-22)36-25(37)16(3)21(31)9-6-15(2)34-26(38)24-23(28(24,32)33)18-10-19(29)12-20(30)11-18/h4-13,23-24H,3H2,1-2H3,(H,34,38)(H,35,36,37)/b15-6+,21-9+. The number of alkyl halides is 2. The third-order valence-corrected chi connectivity index (χ3v) is 8.50. The SMILES string of the molecule is C=C(C(=O)Nc1nc(-c2ccc(C)cc2)cs1)/C(Cl)=C\C=C(/C)NC(=O)C1C(c2cc(Cl)cc(Cl)c2)C1(Cl)Cl. The van der Waals surface area contributed by atoms with Gasteiger partial charge in [0, 0.05) is 32.6 Å². The number of hydrogen-bond donors (Lipinski definition) is 2. The first-order chi connectivity index (χ1) is 18.4. The van der Waals surface area contributed by atoms with Crippen molar-refractivity contribution in [1.29, 1.82) is 0 Å². The Morgan fingerprint density at radius 2 is 1.72 bits per heavy atom. The molecule has 0 spiro atoms. The summed E-state index contributed by atoms with van der Waals surface area (Å²) in [6, 6.07) is 12.9. The van der Waals surface area contributed by atoms with E-state index in [1.807, 2.05) is 36.6 Å². The molecule has 2 N–H and O–H groups in total. The Bertz CT molecular complexity index is 1490. The van der Waals surface area contributed by atoms with Crippen molar-refractivity contribution in [2.75, 3.05) is 5.32 Å². The number of thiazole rings is 1. The number of carbonyl (C=O) groups excluding carboxylic acids is 2. The van der Waals surface area contributed by atoms with E-state index in [1.54, 1.807) is 31.2 Å². The van der Waals surface area contributed by atoms with Gasteiger partial charge >= 0.3 is 0 Å². The summed E-state index contributed by atoms with van der Waals surface area (Å²) in [6.07, 6.45) is 3.02. The molecule has 5 nitrogen and oxygen atoms in total. The number of aryl methyl sites for hydroxylation is 1. The fourth-order valence-corrected chi connectivity index (χ4v) is 6.14. The van der Waals surface area contributed by atoms with Crippen molar-refractivity contribution in [3.05, 3.63) is 104 Å². The average molecular weight is 642 g/mol. The number of rotatable bonds is 8. The van der Waals surface area contributed by atoms with Crippen molar-refractivity contribution in [3.63, 3.8) is 0 Å². The highest BCUT2D eigenvalue weighted by Crippen LogP contribution is 2.65. The summed E-state index contributed by atoms with van der Waals surface area (Å²) in [4.78, 5) is 30.0. The Balaban J connectivity index is 1.35. The van der Waals surface area contributed by atoms with Crippen LogP contribution in [0.2, 0.25) is 10.0 Å². The Labute approximate surface area is 255 Å². The van der Waals surface area contributed by atoms with Crippen LogP contribution in [0.15, 0.2) is 82.9 Å². The number of benzene rings is 2. The number of amides is 2. The fraction of sp³-hybridized carbons (Fsp3) is 0.179. The van der Waals surface area contributed by atoms with Gasteiger partial charge in [0.15, 0.2) is 5.13 Å². The fourth-order valence-electron chi connectivity index (χ4n) is 3.90. The molecule has 2 amide bonds. The number of aromatic nitrogens is 1. The molecule has 2 aromatic carbocycles. The first-order valence-electron chi connectivity index (χ1n) is 11.6. The Hall–Kier alpha value is -2.32. The molecule has 0 aliphatic heterocycles. The van der Waals surface area contributed by atoms with E-state index in [4.69, 9.17) is 58.0 Å². The molecular weight excluding hydrogens is 620 g/mol. The molecule has 1 aromatic heterocycles. The molecule has 39 heavy (non-hydrogen) atoms. The van der Waals surface area contributed by atoms with Gasteiger partial charge in [-0.2, -0.15) is 0 Å². The van der Waals surface area contributed by atoms with Crippen molar-refractivity contribution in [2.24, 2.45) is 5.92 Å². The van der Waals surface area contributed by atoms with Gasteiger partial charge < -0.3 is 5.32 Å². The maximum absolute atomic E-state index is 12.9. The molecule has 11 heteroatoms. The Morgan fingerprint density at radius 1 is 1.08 bits per heavy atom. The number of carbonyl (C=O) groups is 2. The summed E-state index contributed by atoms with van der Waals surface area (Å²) >= 11 is 32.6. The Kier molecular flexibility index (Phi) is 9.16. The predicted octanol–water partition coefficient (Wildman–Crippen LogP) is 8.65. The maximum atomic E-state index is 12.9. The van der Waals surface area contributed by atoms with Crippen LogP contribution < -0.4 is 10.6 Å². The number of nitrogens with zero attached hydrogens (tertiary/aromatic N) is 1. The highest BCUT2D eigenvalue weighted by atomic mass is 35.5. The highest BCUT2D eigenvalue weighted by Gasteiger charge is 2.67. The molecule has 0 radical (unpaired) electrons. The van der Waals surface area contributed by atoms with Gasteiger partial charge in [0.25, 0.3) is 5.91 Å². The van der Waals surface area contributed by atoms with Crippen molar-refractivity contribution in [2.45, 2.75) is 24.1 Å². The van der Waals surface area contributed by atoms with Gasteiger partial charge in [-0.05, 0) is 49.8 Å². The van der Waals surface area contributed by atoms with E-state index in [0.29, 0.717) is 26.4 Å². The van der Waals surface area contributed by atoms with Gasteiger partial charge in [-0.3, -0.25) is 14.9 Å². The minimum atomic E-state index is -1.30. The van der Waals surface area contributed by atoms with Gasteiger partial charge in [-0.25, -0.2) is 4.98 Å². The lowest BCUT2D eigenvalue weighted by Gasteiger charge is -2.06. The second-order valence-corrected chi connectivity index (χ2v) is 12.6. The highest BCUT2D eigenvalue weighted by molar-refractivity contribution is 7.14. The van der Waals surface area contributed by atoms with E-state index < -0.39 is 22.1 Å². The molecule has 2 atom stereocenters.